The molecular weight excluding hydrogens is 272 g/mol. The van der Waals surface area contributed by atoms with Gasteiger partial charge in [0.25, 0.3) is 0 Å². The molecular formula is C16H14O5. The van der Waals surface area contributed by atoms with Gasteiger partial charge >= 0.3 is 0 Å². The maximum Gasteiger partial charge on any atom is 0.203 e. The molecule has 0 radical (unpaired) electrons. The van der Waals surface area contributed by atoms with Crippen LogP contribution in [0.1, 0.15) is 22.0 Å². The summed E-state index contributed by atoms with van der Waals surface area (Å²) in [6.07, 6.45) is -1.48. The Labute approximate surface area is 121 Å². The first-order valence-electron chi connectivity index (χ1n) is 6.46. The minimum Gasteiger partial charge on any atom is -0.508 e. The molecule has 0 saturated carbocycles. The number of phenols is 2. The second kappa shape index (κ2) is 5.10. The number of methoxy groups -OCH3 is 1. The minimum atomic E-state index is -0.852. The highest BCUT2D eigenvalue weighted by molar-refractivity contribution is 6.05. The Balaban J connectivity index is 2.11. The summed E-state index contributed by atoms with van der Waals surface area (Å²) >= 11 is 0. The van der Waals surface area contributed by atoms with Crippen LogP contribution in [0.25, 0.3) is 0 Å². The van der Waals surface area contributed by atoms with E-state index < -0.39 is 12.2 Å². The van der Waals surface area contributed by atoms with Crippen LogP contribution in [0.2, 0.25) is 0 Å². The molecule has 0 fully saturated rings. The molecule has 0 aromatic heterocycles. The first-order valence-corrected chi connectivity index (χ1v) is 6.46. The zero-order valence-electron chi connectivity index (χ0n) is 11.3. The predicted octanol–water partition coefficient (Wildman–Crippen LogP) is 2.43. The lowest BCUT2D eigenvalue weighted by molar-refractivity contribution is -0.00107. The summed E-state index contributed by atoms with van der Waals surface area (Å²) in [6.45, 7) is 0. The van der Waals surface area contributed by atoms with E-state index in [0.717, 1.165) is 11.6 Å². The highest BCUT2D eigenvalue weighted by atomic mass is 16.5. The van der Waals surface area contributed by atoms with Gasteiger partial charge in [-0.3, -0.25) is 4.79 Å². The van der Waals surface area contributed by atoms with Gasteiger partial charge in [-0.25, -0.2) is 0 Å². The van der Waals surface area contributed by atoms with Crippen LogP contribution >= 0.6 is 0 Å². The van der Waals surface area contributed by atoms with E-state index in [2.05, 4.69) is 0 Å². The zero-order chi connectivity index (χ0) is 15.0. The van der Waals surface area contributed by atoms with Gasteiger partial charge in [-0.15, -0.1) is 0 Å². The largest absolute Gasteiger partial charge is 0.508 e. The van der Waals surface area contributed by atoms with Crippen molar-refractivity contribution in [3.05, 3.63) is 53.6 Å². The van der Waals surface area contributed by atoms with Gasteiger partial charge < -0.3 is 19.7 Å². The minimum absolute atomic E-state index is 0.0341. The fourth-order valence-corrected chi connectivity index (χ4v) is 2.52. The van der Waals surface area contributed by atoms with Gasteiger partial charge in [-0.1, -0.05) is 30.3 Å². The quantitative estimate of drug-likeness (QED) is 0.886. The van der Waals surface area contributed by atoms with Crippen LogP contribution in [0.3, 0.4) is 0 Å². The predicted molar refractivity (Wildman–Crippen MR) is 74.7 cm³/mol. The number of fused-ring (bicyclic) bond motifs is 1. The van der Waals surface area contributed by atoms with Crippen molar-refractivity contribution in [3.8, 4) is 17.2 Å². The van der Waals surface area contributed by atoms with Crippen LogP contribution in [0.15, 0.2) is 42.5 Å². The number of Topliss-reactive ketones (excluding diaryl/α,β-unsaturated/α-hetero) is 1. The molecule has 0 bridgehead atoms. The average molecular weight is 286 g/mol. The van der Waals surface area contributed by atoms with E-state index in [0.29, 0.717) is 0 Å². The van der Waals surface area contributed by atoms with Crippen molar-refractivity contribution in [1.82, 2.24) is 0 Å². The molecule has 5 nitrogen and oxygen atoms in total. The van der Waals surface area contributed by atoms with Gasteiger partial charge in [-0.05, 0) is 5.56 Å². The summed E-state index contributed by atoms with van der Waals surface area (Å²) in [6, 6.07) is 11.6. The second-order valence-corrected chi connectivity index (χ2v) is 4.81. The molecule has 1 aliphatic rings. The lowest BCUT2D eigenvalue weighted by Crippen LogP contribution is -2.37. The van der Waals surface area contributed by atoms with E-state index in [9.17, 15) is 15.0 Å². The van der Waals surface area contributed by atoms with Crippen LogP contribution in [0, 0.1) is 0 Å². The highest BCUT2D eigenvalue weighted by Crippen LogP contribution is 2.42. The Morgan fingerprint density at radius 3 is 2.52 bits per heavy atom. The Morgan fingerprint density at radius 2 is 1.86 bits per heavy atom. The summed E-state index contributed by atoms with van der Waals surface area (Å²) in [5, 5.41) is 19.4. The lowest BCUT2D eigenvalue weighted by Gasteiger charge is -2.32. The highest BCUT2D eigenvalue weighted by Gasteiger charge is 2.40. The van der Waals surface area contributed by atoms with Gasteiger partial charge in [0.15, 0.2) is 12.2 Å². The summed E-state index contributed by atoms with van der Waals surface area (Å²) in [5.74, 6) is -0.699. The number of ether oxygens (including phenoxy) is 2. The summed E-state index contributed by atoms with van der Waals surface area (Å²) in [4.78, 5) is 12.5. The summed E-state index contributed by atoms with van der Waals surface area (Å²) in [7, 11) is 1.42. The van der Waals surface area contributed by atoms with Gasteiger partial charge in [0.2, 0.25) is 5.78 Å². The molecule has 21 heavy (non-hydrogen) atoms. The van der Waals surface area contributed by atoms with E-state index in [4.69, 9.17) is 9.47 Å². The van der Waals surface area contributed by atoms with E-state index >= 15 is 0 Å². The van der Waals surface area contributed by atoms with Gasteiger partial charge in [-0.2, -0.15) is 0 Å². The van der Waals surface area contributed by atoms with Crippen LogP contribution < -0.4 is 4.74 Å². The summed E-state index contributed by atoms with van der Waals surface area (Å²) < 4.78 is 11.1. The summed E-state index contributed by atoms with van der Waals surface area (Å²) in [5.41, 5.74) is 0.818. The third-order valence-electron chi connectivity index (χ3n) is 3.48. The zero-order valence-corrected chi connectivity index (χ0v) is 11.3. The standard InChI is InChI=1S/C16H14O5/c1-20-16-14(19)13-11(18)7-10(17)8-12(13)21-15(16)9-5-3-2-4-6-9/h2-8,15-18H,1H3. The van der Waals surface area contributed by atoms with Crippen LogP contribution in [0.4, 0.5) is 0 Å². The Morgan fingerprint density at radius 1 is 1.14 bits per heavy atom. The SMILES string of the molecule is COC1C(=O)c2c(O)cc(O)cc2OC1c1ccccc1. The van der Waals surface area contributed by atoms with E-state index in [1.54, 1.807) is 0 Å². The lowest BCUT2D eigenvalue weighted by atomic mass is 9.92. The third-order valence-corrected chi connectivity index (χ3v) is 3.48. The topological polar surface area (TPSA) is 76.0 Å². The maximum atomic E-state index is 12.5. The number of benzene rings is 2. The fraction of sp³-hybridized carbons (Fsp3) is 0.188. The molecule has 0 saturated heterocycles. The molecule has 3 rings (SSSR count). The molecule has 5 heteroatoms. The second-order valence-electron chi connectivity index (χ2n) is 4.81. The maximum absolute atomic E-state index is 12.5. The van der Waals surface area contributed by atoms with E-state index in [1.165, 1.54) is 13.2 Å². The van der Waals surface area contributed by atoms with Gasteiger partial charge in [0.05, 0.1) is 0 Å². The molecule has 2 aromatic carbocycles. The van der Waals surface area contributed by atoms with Crippen molar-refractivity contribution < 1.29 is 24.5 Å². The first-order chi connectivity index (χ1) is 10.1. The molecule has 0 amide bonds. The molecule has 2 aromatic rings. The Kier molecular flexibility index (Phi) is 3.27. The van der Waals surface area contributed by atoms with Crippen molar-refractivity contribution in [2.75, 3.05) is 7.11 Å². The number of hydrogen-bond acceptors (Lipinski definition) is 5. The molecule has 1 aliphatic heterocycles. The monoisotopic (exact) mass is 286 g/mol. The number of carbonyl (C=O) groups excluding carboxylic acids is 1. The smallest absolute Gasteiger partial charge is 0.203 e. The van der Waals surface area contributed by atoms with E-state index in [-0.39, 0.29) is 28.6 Å². The third kappa shape index (κ3) is 2.21. The average Bonchev–Trinajstić information content (AvgIpc) is 2.47. The molecule has 2 atom stereocenters. The van der Waals surface area contributed by atoms with Crippen LogP contribution in [-0.4, -0.2) is 29.2 Å². The van der Waals surface area contributed by atoms with Crippen LogP contribution in [0.5, 0.6) is 17.2 Å². The van der Waals surface area contributed by atoms with Gasteiger partial charge in [0, 0.05) is 19.2 Å². The number of aromatic hydroxyl groups is 2. The normalized spacial score (nSPS) is 20.7. The van der Waals surface area contributed by atoms with E-state index in [1.807, 2.05) is 30.3 Å². The molecule has 2 N–H and O–H groups in total. The first kappa shape index (κ1) is 13.5. The van der Waals surface area contributed by atoms with Crippen molar-refractivity contribution in [2.24, 2.45) is 0 Å². The van der Waals surface area contributed by atoms with Gasteiger partial charge in [0.1, 0.15) is 22.8 Å². The van der Waals surface area contributed by atoms with Crippen molar-refractivity contribution >= 4 is 5.78 Å². The fourth-order valence-electron chi connectivity index (χ4n) is 2.52. The van der Waals surface area contributed by atoms with Crippen molar-refractivity contribution in [2.45, 2.75) is 12.2 Å². The number of phenolic OH excluding ortho intramolecular Hbond substituents is 2. The number of carbonyl (C=O) groups is 1. The Hall–Kier alpha value is -2.53. The Bertz CT molecular complexity index is 681. The molecule has 2 unspecified atom stereocenters. The number of hydrogen-bond donors (Lipinski definition) is 2. The number of rotatable bonds is 2. The molecule has 0 aliphatic carbocycles. The van der Waals surface area contributed by atoms with Crippen molar-refractivity contribution in [3.63, 3.8) is 0 Å². The number of ketones is 1. The molecule has 1 heterocycles. The molecule has 108 valence electrons. The van der Waals surface area contributed by atoms with Crippen LogP contribution in [-0.2, 0) is 4.74 Å². The van der Waals surface area contributed by atoms with Crippen molar-refractivity contribution in [1.29, 1.82) is 0 Å². The molecule has 0 spiro atoms.